The van der Waals surface area contributed by atoms with Crippen LogP contribution >= 0.6 is 0 Å². The first-order chi connectivity index (χ1) is 17.2. The Labute approximate surface area is 212 Å². The number of hydrogen-bond donors (Lipinski definition) is 1. The highest BCUT2D eigenvalue weighted by atomic mass is 16.6. The number of amides is 2. The molecule has 0 radical (unpaired) electrons. The predicted molar refractivity (Wildman–Crippen MR) is 135 cm³/mol. The van der Waals surface area contributed by atoms with Crippen LogP contribution in [-0.2, 0) is 23.9 Å². The lowest BCUT2D eigenvalue weighted by Crippen LogP contribution is -2.58. The molecule has 3 fully saturated rings. The zero-order valence-corrected chi connectivity index (χ0v) is 21.3. The van der Waals surface area contributed by atoms with Crippen molar-refractivity contribution in [2.24, 2.45) is 11.8 Å². The molecule has 0 aromatic heterocycles. The van der Waals surface area contributed by atoms with Crippen LogP contribution < -0.4 is 4.90 Å². The summed E-state index contributed by atoms with van der Waals surface area (Å²) in [4.78, 5) is 44.5. The fourth-order valence-corrected chi connectivity index (χ4v) is 6.34. The van der Waals surface area contributed by atoms with Crippen LogP contribution in [0.5, 0.6) is 0 Å². The Balaban J connectivity index is 1.78. The third kappa shape index (κ3) is 3.96. The first-order valence-corrected chi connectivity index (χ1v) is 12.6. The van der Waals surface area contributed by atoms with Crippen molar-refractivity contribution < 1.29 is 29.0 Å². The number of nitrogens with zero attached hydrogens (tertiary/aromatic N) is 2. The molecular weight excluding hydrogens is 460 g/mol. The number of rotatable bonds is 10. The Morgan fingerprint density at radius 1 is 1.31 bits per heavy atom. The van der Waals surface area contributed by atoms with E-state index in [1.807, 2.05) is 32.0 Å². The van der Waals surface area contributed by atoms with Crippen LogP contribution in [0.2, 0.25) is 0 Å². The highest BCUT2D eigenvalue weighted by Gasteiger charge is 2.75. The normalized spacial score (nSPS) is 29.1. The van der Waals surface area contributed by atoms with Crippen LogP contribution in [0.15, 0.2) is 43.5 Å². The topological polar surface area (TPSA) is 96.4 Å². The third-order valence-electron chi connectivity index (χ3n) is 7.84. The van der Waals surface area contributed by atoms with Gasteiger partial charge in [0.15, 0.2) is 0 Å². The monoisotopic (exact) mass is 496 g/mol. The molecule has 1 aromatic carbocycles. The van der Waals surface area contributed by atoms with Gasteiger partial charge in [0.2, 0.25) is 5.91 Å². The van der Waals surface area contributed by atoms with Crippen molar-refractivity contribution in [3.05, 3.63) is 54.6 Å². The molecule has 1 N–H and O–H groups in total. The molecule has 4 rings (SSSR count). The molecule has 3 heterocycles. The number of ether oxygens (including phenoxy) is 2. The van der Waals surface area contributed by atoms with Crippen LogP contribution in [0, 0.1) is 25.7 Å². The first-order valence-electron chi connectivity index (χ1n) is 12.6. The number of aliphatic hydroxyl groups is 1. The summed E-state index contributed by atoms with van der Waals surface area (Å²) >= 11 is 0. The highest BCUT2D eigenvalue weighted by Crippen LogP contribution is 2.59. The van der Waals surface area contributed by atoms with Gasteiger partial charge in [0.05, 0.1) is 37.2 Å². The number of likely N-dealkylation sites (tertiary alicyclic amines) is 1. The van der Waals surface area contributed by atoms with Gasteiger partial charge in [0.25, 0.3) is 5.91 Å². The van der Waals surface area contributed by atoms with E-state index in [0.717, 1.165) is 16.8 Å². The second kappa shape index (κ2) is 10.2. The zero-order chi connectivity index (χ0) is 26.2. The summed E-state index contributed by atoms with van der Waals surface area (Å²) in [6, 6.07) is 4.20. The highest BCUT2D eigenvalue weighted by molar-refractivity contribution is 6.05. The maximum atomic E-state index is 14.4. The van der Waals surface area contributed by atoms with Gasteiger partial charge in [-0.1, -0.05) is 30.4 Å². The lowest BCUT2D eigenvalue weighted by Gasteiger charge is -2.39. The molecule has 2 unspecified atom stereocenters. The van der Waals surface area contributed by atoms with E-state index < -0.39 is 41.6 Å². The first kappa shape index (κ1) is 26.1. The fraction of sp³-hybridized carbons (Fsp3) is 0.536. The molecular formula is C28H36N2O6. The standard InChI is InChI=1S/C28H36N2O6/c1-6-8-15-35-27(34)21-20-12-13-28(36-20)22(21)25(32)30(19(5)16-31)24(28)26(33)29(14-7-2)23-17(3)10-9-11-18(23)4/h6-7,9-11,19-22,24,31H,1-2,8,12-16H2,3-5H3/t19-,20+,21-,22+,24?,28?/m1/s1. The van der Waals surface area contributed by atoms with Gasteiger partial charge >= 0.3 is 5.97 Å². The van der Waals surface area contributed by atoms with Crippen LogP contribution in [-0.4, -0.2) is 71.3 Å². The van der Waals surface area contributed by atoms with Gasteiger partial charge in [-0.15, -0.1) is 13.2 Å². The second-order valence-electron chi connectivity index (χ2n) is 10.1. The van der Waals surface area contributed by atoms with Crippen molar-refractivity contribution in [1.29, 1.82) is 0 Å². The minimum Gasteiger partial charge on any atom is -0.465 e. The predicted octanol–water partition coefficient (Wildman–Crippen LogP) is 2.70. The van der Waals surface area contributed by atoms with E-state index in [2.05, 4.69) is 13.2 Å². The van der Waals surface area contributed by atoms with E-state index in [1.165, 1.54) is 4.90 Å². The summed E-state index contributed by atoms with van der Waals surface area (Å²) in [6.07, 6.45) is 4.38. The molecule has 8 heteroatoms. The van der Waals surface area contributed by atoms with Gasteiger partial charge in [-0.25, -0.2) is 0 Å². The summed E-state index contributed by atoms with van der Waals surface area (Å²) in [7, 11) is 0. The van der Waals surface area contributed by atoms with E-state index in [4.69, 9.17) is 9.47 Å². The number of benzene rings is 1. The molecule has 2 bridgehead atoms. The molecule has 8 nitrogen and oxygen atoms in total. The number of esters is 1. The van der Waals surface area contributed by atoms with Crippen molar-refractivity contribution in [1.82, 2.24) is 4.90 Å². The quantitative estimate of drug-likeness (QED) is 0.304. The van der Waals surface area contributed by atoms with Crippen molar-refractivity contribution in [2.45, 2.75) is 63.8 Å². The average molecular weight is 497 g/mol. The molecule has 1 aromatic rings. The second-order valence-corrected chi connectivity index (χ2v) is 10.1. The molecule has 0 aliphatic carbocycles. The SMILES string of the molecule is C=CCCOC(=O)[C@@H]1[C@@H]2CCC3(O2)C(C(=O)N(CC=C)c2c(C)cccc2C)N([C@H](C)CO)C(=O)[C@H]13. The number of para-hydroxylation sites is 1. The number of carbonyl (C=O) groups is 3. The molecule has 194 valence electrons. The number of aryl methyl sites for hydroxylation is 2. The summed E-state index contributed by atoms with van der Waals surface area (Å²) in [6.45, 7) is 13.2. The zero-order valence-electron chi connectivity index (χ0n) is 21.3. The smallest absolute Gasteiger partial charge is 0.312 e. The minimum atomic E-state index is -1.15. The molecule has 2 amide bonds. The van der Waals surface area contributed by atoms with E-state index in [-0.39, 0.29) is 31.6 Å². The summed E-state index contributed by atoms with van der Waals surface area (Å²) in [5.74, 6) is -2.74. The van der Waals surface area contributed by atoms with Gasteiger partial charge in [0, 0.05) is 12.2 Å². The Morgan fingerprint density at radius 2 is 2.00 bits per heavy atom. The molecule has 3 aliphatic heterocycles. The Morgan fingerprint density at radius 3 is 2.61 bits per heavy atom. The largest absolute Gasteiger partial charge is 0.465 e. The van der Waals surface area contributed by atoms with Crippen molar-refractivity contribution in [3.63, 3.8) is 0 Å². The van der Waals surface area contributed by atoms with Crippen LogP contribution in [0.25, 0.3) is 0 Å². The van der Waals surface area contributed by atoms with E-state index in [1.54, 1.807) is 24.0 Å². The minimum absolute atomic E-state index is 0.179. The summed E-state index contributed by atoms with van der Waals surface area (Å²) in [5.41, 5.74) is 1.45. The van der Waals surface area contributed by atoms with Crippen molar-refractivity contribution >= 4 is 23.5 Å². The van der Waals surface area contributed by atoms with Gasteiger partial charge < -0.3 is 24.4 Å². The van der Waals surface area contributed by atoms with Gasteiger partial charge in [-0.05, 0) is 51.2 Å². The van der Waals surface area contributed by atoms with Gasteiger partial charge in [-0.3, -0.25) is 14.4 Å². The number of hydrogen-bond acceptors (Lipinski definition) is 6. The van der Waals surface area contributed by atoms with Gasteiger partial charge in [0.1, 0.15) is 11.6 Å². The van der Waals surface area contributed by atoms with Crippen LogP contribution in [0.1, 0.15) is 37.3 Å². The number of anilines is 1. The van der Waals surface area contributed by atoms with Crippen LogP contribution in [0.4, 0.5) is 5.69 Å². The van der Waals surface area contributed by atoms with Crippen molar-refractivity contribution in [3.8, 4) is 0 Å². The summed E-state index contributed by atoms with van der Waals surface area (Å²) < 4.78 is 11.9. The number of fused-ring (bicyclic) bond motifs is 1. The number of carbonyl (C=O) groups excluding carboxylic acids is 3. The molecule has 36 heavy (non-hydrogen) atoms. The van der Waals surface area contributed by atoms with E-state index >= 15 is 0 Å². The molecule has 3 saturated heterocycles. The molecule has 0 saturated carbocycles. The van der Waals surface area contributed by atoms with Gasteiger partial charge in [-0.2, -0.15) is 0 Å². The maximum Gasteiger partial charge on any atom is 0.312 e. The number of aliphatic hydroxyl groups excluding tert-OH is 1. The maximum absolute atomic E-state index is 14.4. The Bertz CT molecular complexity index is 1050. The van der Waals surface area contributed by atoms with Crippen molar-refractivity contribution in [2.75, 3.05) is 24.7 Å². The Kier molecular flexibility index (Phi) is 7.38. The van der Waals surface area contributed by atoms with Crippen LogP contribution in [0.3, 0.4) is 0 Å². The van der Waals surface area contributed by atoms with E-state index in [0.29, 0.717) is 19.3 Å². The fourth-order valence-electron chi connectivity index (χ4n) is 6.34. The van der Waals surface area contributed by atoms with E-state index in [9.17, 15) is 19.5 Å². The molecule has 6 atom stereocenters. The lowest BCUT2D eigenvalue weighted by molar-refractivity contribution is -0.155. The average Bonchev–Trinajstić information content (AvgIpc) is 3.50. The Hall–Kier alpha value is -2.97. The third-order valence-corrected chi connectivity index (χ3v) is 7.84. The summed E-state index contributed by atoms with van der Waals surface area (Å²) in [5, 5.41) is 10.0. The molecule has 1 spiro atoms. The lowest BCUT2D eigenvalue weighted by atomic mass is 9.70. The molecule has 3 aliphatic rings.